The average Bonchev–Trinajstić information content (AvgIpc) is 2.98. The summed E-state index contributed by atoms with van der Waals surface area (Å²) in [5, 5.41) is 8.67. The zero-order valence-electron chi connectivity index (χ0n) is 16.0. The SMILES string of the molecule is O=C1CCC(N2C(=O)c3cccc(NCCOC4CCNCC4)c3C2=O)C(=O)N1. The molecule has 3 N–H and O–H groups in total. The van der Waals surface area contributed by atoms with E-state index in [0.29, 0.717) is 18.8 Å². The third-order valence-corrected chi connectivity index (χ3v) is 5.53. The highest BCUT2D eigenvalue weighted by Gasteiger charge is 2.45. The molecule has 9 heteroatoms. The molecule has 3 aliphatic heterocycles. The van der Waals surface area contributed by atoms with Gasteiger partial charge >= 0.3 is 0 Å². The van der Waals surface area contributed by atoms with Crippen LogP contribution in [0.4, 0.5) is 5.69 Å². The summed E-state index contributed by atoms with van der Waals surface area (Å²) in [5.74, 6) is -2.02. The molecular weight excluding hydrogens is 376 g/mol. The van der Waals surface area contributed by atoms with Crippen LogP contribution in [0.5, 0.6) is 0 Å². The largest absolute Gasteiger partial charge is 0.382 e. The fraction of sp³-hybridized carbons (Fsp3) is 0.500. The van der Waals surface area contributed by atoms with Crippen molar-refractivity contribution in [1.29, 1.82) is 0 Å². The molecular formula is C20H24N4O5. The van der Waals surface area contributed by atoms with Gasteiger partial charge in [-0.1, -0.05) is 6.07 Å². The number of fused-ring (bicyclic) bond motifs is 1. The number of carbonyl (C=O) groups is 4. The highest BCUT2D eigenvalue weighted by atomic mass is 16.5. The predicted molar refractivity (Wildman–Crippen MR) is 103 cm³/mol. The molecule has 4 amide bonds. The molecule has 29 heavy (non-hydrogen) atoms. The second-order valence-electron chi connectivity index (χ2n) is 7.42. The summed E-state index contributed by atoms with van der Waals surface area (Å²) < 4.78 is 5.86. The number of amides is 4. The van der Waals surface area contributed by atoms with Crippen LogP contribution in [0.15, 0.2) is 18.2 Å². The van der Waals surface area contributed by atoms with E-state index in [0.717, 1.165) is 30.8 Å². The highest BCUT2D eigenvalue weighted by molar-refractivity contribution is 6.25. The summed E-state index contributed by atoms with van der Waals surface area (Å²) in [6.45, 7) is 2.90. The number of hydrogen-bond acceptors (Lipinski definition) is 7. The number of imide groups is 2. The van der Waals surface area contributed by atoms with Gasteiger partial charge in [-0.25, -0.2) is 0 Å². The third-order valence-electron chi connectivity index (χ3n) is 5.53. The third kappa shape index (κ3) is 3.88. The van der Waals surface area contributed by atoms with E-state index in [1.807, 2.05) is 0 Å². The van der Waals surface area contributed by atoms with E-state index in [1.54, 1.807) is 18.2 Å². The van der Waals surface area contributed by atoms with E-state index in [4.69, 9.17) is 4.74 Å². The average molecular weight is 400 g/mol. The van der Waals surface area contributed by atoms with Gasteiger partial charge < -0.3 is 15.4 Å². The van der Waals surface area contributed by atoms with Crippen molar-refractivity contribution >= 4 is 29.3 Å². The van der Waals surface area contributed by atoms with Gasteiger partial charge in [-0.05, 0) is 44.5 Å². The lowest BCUT2D eigenvalue weighted by Crippen LogP contribution is -2.54. The fourth-order valence-corrected chi connectivity index (χ4v) is 4.04. The van der Waals surface area contributed by atoms with Gasteiger partial charge in [-0.15, -0.1) is 0 Å². The van der Waals surface area contributed by atoms with Crippen molar-refractivity contribution in [2.75, 3.05) is 31.6 Å². The number of nitrogens with one attached hydrogen (secondary N) is 3. The van der Waals surface area contributed by atoms with Crippen LogP contribution >= 0.6 is 0 Å². The minimum atomic E-state index is -0.962. The van der Waals surface area contributed by atoms with Gasteiger partial charge in [0.1, 0.15) is 6.04 Å². The number of benzene rings is 1. The number of anilines is 1. The Kier molecular flexibility index (Phi) is 5.59. The van der Waals surface area contributed by atoms with E-state index < -0.39 is 23.8 Å². The molecule has 9 nitrogen and oxygen atoms in total. The molecule has 1 unspecified atom stereocenters. The molecule has 3 aliphatic rings. The first-order chi connectivity index (χ1) is 14.1. The summed E-state index contributed by atoms with van der Waals surface area (Å²) in [5.41, 5.74) is 1.08. The van der Waals surface area contributed by atoms with Crippen molar-refractivity contribution in [2.45, 2.75) is 37.8 Å². The molecule has 0 aliphatic carbocycles. The molecule has 154 valence electrons. The summed E-state index contributed by atoms with van der Waals surface area (Å²) >= 11 is 0. The van der Waals surface area contributed by atoms with Crippen LogP contribution in [-0.4, -0.2) is 66.9 Å². The molecule has 4 rings (SSSR count). The summed E-state index contributed by atoms with van der Waals surface area (Å²) in [6.07, 6.45) is 2.45. The quantitative estimate of drug-likeness (QED) is 0.463. The van der Waals surface area contributed by atoms with Crippen LogP contribution in [0.1, 0.15) is 46.4 Å². The molecule has 0 bridgehead atoms. The van der Waals surface area contributed by atoms with Crippen molar-refractivity contribution in [3.05, 3.63) is 29.3 Å². The topological polar surface area (TPSA) is 117 Å². The number of ether oxygens (including phenoxy) is 1. The van der Waals surface area contributed by atoms with E-state index >= 15 is 0 Å². The lowest BCUT2D eigenvalue weighted by Gasteiger charge is -2.27. The molecule has 0 saturated carbocycles. The van der Waals surface area contributed by atoms with Crippen LogP contribution < -0.4 is 16.0 Å². The Labute approximate surface area is 168 Å². The molecule has 1 aromatic rings. The minimum absolute atomic E-state index is 0.100. The smallest absolute Gasteiger partial charge is 0.264 e. The van der Waals surface area contributed by atoms with E-state index in [-0.39, 0.29) is 36.0 Å². The van der Waals surface area contributed by atoms with Crippen LogP contribution in [0.3, 0.4) is 0 Å². The number of hydrogen-bond donors (Lipinski definition) is 3. The van der Waals surface area contributed by atoms with Gasteiger partial charge in [0.2, 0.25) is 11.8 Å². The first kappa shape index (κ1) is 19.5. The van der Waals surface area contributed by atoms with Crippen molar-refractivity contribution in [3.63, 3.8) is 0 Å². The highest BCUT2D eigenvalue weighted by Crippen LogP contribution is 2.32. The van der Waals surface area contributed by atoms with Crippen LogP contribution in [-0.2, 0) is 14.3 Å². The van der Waals surface area contributed by atoms with Crippen LogP contribution in [0.2, 0.25) is 0 Å². The van der Waals surface area contributed by atoms with Gasteiger partial charge in [0, 0.05) is 18.7 Å². The van der Waals surface area contributed by atoms with E-state index in [2.05, 4.69) is 16.0 Å². The standard InChI is InChI=1S/C20H24N4O5/c25-16-5-4-15(18(26)23-16)24-19(27)13-2-1-3-14(17(13)20(24)28)22-10-11-29-12-6-8-21-9-7-12/h1-3,12,15,21-22H,4-11H2,(H,23,25,26). The Morgan fingerprint density at radius 1 is 1.07 bits per heavy atom. The molecule has 0 radical (unpaired) electrons. The predicted octanol–water partition coefficient (Wildman–Crippen LogP) is 0.268. The van der Waals surface area contributed by atoms with Crippen molar-refractivity contribution < 1.29 is 23.9 Å². The van der Waals surface area contributed by atoms with Crippen LogP contribution in [0, 0.1) is 0 Å². The zero-order chi connectivity index (χ0) is 20.4. The lowest BCUT2D eigenvalue weighted by atomic mass is 10.0. The van der Waals surface area contributed by atoms with Gasteiger partial charge in [0.05, 0.1) is 23.8 Å². The molecule has 1 aromatic carbocycles. The summed E-state index contributed by atoms with van der Waals surface area (Å²) in [6, 6.07) is 4.06. The summed E-state index contributed by atoms with van der Waals surface area (Å²) in [4.78, 5) is 50.3. The normalized spacial score (nSPS) is 22.6. The second kappa shape index (κ2) is 8.30. The first-order valence-electron chi connectivity index (χ1n) is 9.97. The lowest BCUT2D eigenvalue weighted by molar-refractivity contribution is -0.136. The maximum Gasteiger partial charge on any atom is 0.264 e. The molecule has 1 atom stereocenters. The number of nitrogens with zero attached hydrogens (tertiary/aromatic N) is 1. The number of carbonyl (C=O) groups excluding carboxylic acids is 4. The Hall–Kier alpha value is -2.78. The molecule has 2 saturated heterocycles. The first-order valence-corrected chi connectivity index (χ1v) is 9.97. The second-order valence-corrected chi connectivity index (χ2v) is 7.42. The molecule has 0 aromatic heterocycles. The van der Waals surface area contributed by atoms with Gasteiger partial charge in [-0.2, -0.15) is 0 Å². The van der Waals surface area contributed by atoms with Crippen molar-refractivity contribution in [3.8, 4) is 0 Å². The van der Waals surface area contributed by atoms with Crippen LogP contribution in [0.25, 0.3) is 0 Å². The fourth-order valence-electron chi connectivity index (χ4n) is 4.04. The Morgan fingerprint density at radius 2 is 1.86 bits per heavy atom. The van der Waals surface area contributed by atoms with E-state index in [1.165, 1.54) is 0 Å². The Morgan fingerprint density at radius 3 is 2.62 bits per heavy atom. The maximum atomic E-state index is 13.0. The van der Waals surface area contributed by atoms with E-state index in [9.17, 15) is 19.2 Å². The molecule has 2 fully saturated rings. The molecule has 3 heterocycles. The Balaban J connectivity index is 1.43. The number of piperidine rings is 2. The van der Waals surface area contributed by atoms with Crippen molar-refractivity contribution in [1.82, 2.24) is 15.5 Å². The maximum absolute atomic E-state index is 13.0. The monoisotopic (exact) mass is 400 g/mol. The van der Waals surface area contributed by atoms with Gasteiger partial charge in [0.15, 0.2) is 0 Å². The zero-order valence-corrected chi connectivity index (χ0v) is 16.0. The number of rotatable bonds is 6. The molecule has 0 spiro atoms. The van der Waals surface area contributed by atoms with Crippen molar-refractivity contribution in [2.24, 2.45) is 0 Å². The summed E-state index contributed by atoms with van der Waals surface area (Å²) in [7, 11) is 0. The Bertz CT molecular complexity index is 849. The minimum Gasteiger partial charge on any atom is -0.382 e. The van der Waals surface area contributed by atoms with Gasteiger partial charge in [0.25, 0.3) is 11.8 Å². The van der Waals surface area contributed by atoms with Gasteiger partial charge in [-0.3, -0.25) is 29.4 Å².